The number of anilines is 3. The summed E-state index contributed by atoms with van der Waals surface area (Å²) >= 11 is 0. The summed E-state index contributed by atoms with van der Waals surface area (Å²) in [5, 5.41) is 8.96. The van der Waals surface area contributed by atoms with Crippen molar-refractivity contribution in [2.45, 2.75) is 25.6 Å². The molecule has 7 heterocycles. The van der Waals surface area contributed by atoms with Gasteiger partial charge in [-0.2, -0.15) is 28.1 Å². The van der Waals surface area contributed by atoms with Crippen LogP contribution in [0.5, 0.6) is 11.8 Å². The molecule has 3 aromatic rings. The minimum Gasteiger partial charge on any atom is -0.492 e. The van der Waals surface area contributed by atoms with Crippen molar-refractivity contribution in [3.63, 3.8) is 0 Å². The van der Waals surface area contributed by atoms with Gasteiger partial charge in [0.25, 0.3) is 5.91 Å². The summed E-state index contributed by atoms with van der Waals surface area (Å²) in [5.74, 6) is 1.01. The van der Waals surface area contributed by atoms with Crippen molar-refractivity contribution in [3.05, 3.63) is 59.7 Å². The first-order valence-electron chi connectivity index (χ1n) is 13.1. The molecule has 6 aliphatic rings. The highest BCUT2D eigenvalue weighted by Gasteiger charge is 2.29. The van der Waals surface area contributed by atoms with Gasteiger partial charge >= 0.3 is 12.2 Å². The number of fused-ring (bicyclic) bond motifs is 1. The van der Waals surface area contributed by atoms with E-state index in [0.717, 1.165) is 43.8 Å². The molecule has 1 saturated heterocycles. The van der Waals surface area contributed by atoms with Crippen molar-refractivity contribution >= 4 is 23.5 Å². The van der Waals surface area contributed by atoms with Crippen molar-refractivity contribution < 1.29 is 27.4 Å². The highest BCUT2D eigenvalue weighted by atomic mass is 19.4. The van der Waals surface area contributed by atoms with Crippen molar-refractivity contribution in [2.75, 3.05) is 50.0 Å². The Hall–Kier alpha value is -4.13. The van der Waals surface area contributed by atoms with E-state index in [2.05, 4.69) is 35.8 Å². The number of carbonyl (C=O) groups excluding carboxylic acids is 1. The number of rotatable bonds is 2. The van der Waals surface area contributed by atoms with E-state index in [1.807, 2.05) is 24.3 Å². The van der Waals surface area contributed by atoms with E-state index < -0.39 is 18.8 Å². The molecule has 3 N–H and O–H groups in total. The van der Waals surface area contributed by atoms with E-state index in [1.54, 1.807) is 24.3 Å². The molecule has 0 saturated carbocycles. The van der Waals surface area contributed by atoms with Gasteiger partial charge in [-0.3, -0.25) is 9.69 Å². The zero-order valence-corrected chi connectivity index (χ0v) is 21.7. The first-order valence-corrected chi connectivity index (χ1v) is 13.1. The van der Waals surface area contributed by atoms with E-state index in [1.165, 1.54) is 0 Å². The standard InChI is InChI=1S/C27H30F3N7O3/c28-27(29,30)17-40-26-35-24-32-16-18-1-7-22(8-2-18)39-14-13-37-11-9-19(10-12-37)15-31-23(38)20-3-5-21(6-4-20)33-25(34-24)36-26/h1-8,19H,9-17H2,(H,31,38)(H2,32,33,34,35,36). The van der Waals surface area contributed by atoms with Crippen LogP contribution in [0.3, 0.4) is 0 Å². The average Bonchev–Trinajstić information content (AvgIpc) is 2.95. The molecule has 9 rings (SSSR count). The van der Waals surface area contributed by atoms with Crippen LogP contribution in [0, 0.1) is 5.92 Å². The Morgan fingerprint density at radius 3 is 2.38 bits per heavy atom. The van der Waals surface area contributed by atoms with Crippen LogP contribution in [0.2, 0.25) is 0 Å². The lowest BCUT2D eigenvalue weighted by atomic mass is 9.96. The van der Waals surface area contributed by atoms with Crippen molar-refractivity contribution in [2.24, 2.45) is 5.92 Å². The van der Waals surface area contributed by atoms with E-state index in [-0.39, 0.29) is 17.8 Å². The number of ether oxygens (including phenoxy) is 2. The summed E-state index contributed by atoms with van der Waals surface area (Å²) in [4.78, 5) is 27.3. The minimum atomic E-state index is -4.55. The van der Waals surface area contributed by atoms with Gasteiger partial charge in [-0.15, -0.1) is 0 Å². The number of halogens is 3. The van der Waals surface area contributed by atoms with Crippen LogP contribution in [0.4, 0.5) is 30.8 Å². The molecule has 1 fully saturated rings. The van der Waals surface area contributed by atoms with E-state index in [4.69, 9.17) is 9.47 Å². The number of aromatic nitrogens is 3. The first-order chi connectivity index (χ1) is 19.3. The number of nitrogens with one attached hydrogen (secondary N) is 3. The van der Waals surface area contributed by atoms with Gasteiger partial charge in [-0.25, -0.2) is 0 Å². The molecule has 1 aromatic heterocycles. The molecule has 2 aromatic carbocycles. The van der Waals surface area contributed by atoms with Crippen LogP contribution in [0.1, 0.15) is 28.8 Å². The molecule has 212 valence electrons. The average molecular weight is 558 g/mol. The Labute approximate surface area is 229 Å². The van der Waals surface area contributed by atoms with Gasteiger partial charge in [-0.05, 0) is 73.8 Å². The fourth-order valence-corrected chi connectivity index (χ4v) is 4.47. The Balaban J connectivity index is 1.36. The van der Waals surface area contributed by atoms with Gasteiger partial charge in [0.1, 0.15) is 12.4 Å². The highest BCUT2D eigenvalue weighted by Crippen LogP contribution is 2.22. The fraction of sp³-hybridized carbons (Fsp3) is 0.407. The van der Waals surface area contributed by atoms with E-state index in [9.17, 15) is 18.0 Å². The maximum Gasteiger partial charge on any atom is 0.422 e. The zero-order chi connectivity index (χ0) is 28.0. The molecular weight excluding hydrogens is 527 g/mol. The maximum absolute atomic E-state index is 12.7. The summed E-state index contributed by atoms with van der Waals surface area (Å²) in [7, 11) is 0. The van der Waals surface area contributed by atoms with Crippen LogP contribution in [0.25, 0.3) is 0 Å². The SMILES string of the molecule is O=C1NCC2CCN(CCOc3ccc(cc3)CNc3nc(nc(OCC(F)(F)F)n3)Nc3ccc1cc3)CC2. The number of hydrogen-bond acceptors (Lipinski definition) is 9. The molecule has 0 atom stereocenters. The molecule has 0 spiro atoms. The number of amides is 1. The number of carbonyl (C=O) groups is 1. The summed E-state index contributed by atoms with van der Waals surface area (Å²) in [6.07, 6.45) is -2.54. The molecule has 0 radical (unpaired) electrons. The second kappa shape index (κ2) is 12.4. The Bertz CT molecular complexity index is 1280. The Kier molecular flexibility index (Phi) is 8.48. The van der Waals surface area contributed by atoms with E-state index >= 15 is 0 Å². The number of alkyl halides is 3. The van der Waals surface area contributed by atoms with Crippen LogP contribution in [0.15, 0.2) is 48.5 Å². The van der Waals surface area contributed by atoms with E-state index in [0.29, 0.717) is 36.9 Å². The first kappa shape index (κ1) is 27.4. The second-order valence-electron chi connectivity index (χ2n) is 9.71. The lowest BCUT2D eigenvalue weighted by molar-refractivity contribution is -0.154. The zero-order valence-electron chi connectivity index (χ0n) is 21.7. The van der Waals surface area contributed by atoms with Gasteiger partial charge in [-0.1, -0.05) is 12.1 Å². The Morgan fingerprint density at radius 2 is 1.65 bits per heavy atom. The lowest BCUT2D eigenvalue weighted by Crippen LogP contribution is -2.40. The third kappa shape index (κ3) is 7.94. The molecular formula is C27H30F3N7O3. The summed E-state index contributed by atoms with van der Waals surface area (Å²) in [6, 6.07) is 13.7. The molecule has 10 nitrogen and oxygen atoms in total. The van der Waals surface area contributed by atoms with Crippen molar-refractivity contribution in [1.82, 2.24) is 25.2 Å². The van der Waals surface area contributed by atoms with Crippen molar-refractivity contribution in [1.29, 1.82) is 0 Å². The monoisotopic (exact) mass is 557 g/mol. The normalized spacial score (nSPS) is 20.0. The summed E-state index contributed by atoms with van der Waals surface area (Å²) in [6.45, 7) is 2.69. The molecule has 0 aliphatic carbocycles. The molecule has 1 amide bonds. The maximum atomic E-state index is 12.7. The molecule has 8 bridgehead atoms. The van der Waals surface area contributed by atoms with Gasteiger partial charge in [0.2, 0.25) is 11.9 Å². The van der Waals surface area contributed by atoms with Gasteiger partial charge in [0.15, 0.2) is 6.61 Å². The smallest absolute Gasteiger partial charge is 0.422 e. The quantitative estimate of drug-likeness (QED) is 0.430. The number of nitrogens with zero attached hydrogens (tertiary/aromatic N) is 4. The van der Waals surface area contributed by atoms with Crippen LogP contribution < -0.4 is 25.4 Å². The largest absolute Gasteiger partial charge is 0.492 e. The number of benzene rings is 2. The summed E-state index contributed by atoms with van der Waals surface area (Å²) < 4.78 is 48.9. The third-order valence-electron chi connectivity index (χ3n) is 6.69. The predicted octanol–water partition coefficient (Wildman–Crippen LogP) is 4.00. The van der Waals surface area contributed by atoms with Gasteiger partial charge in [0.05, 0.1) is 0 Å². The third-order valence-corrected chi connectivity index (χ3v) is 6.69. The van der Waals surface area contributed by atoms with Crippen LogP contribution >= 0.6 is 0 Å². The minimum absolute atomic E-state index is 0.0172. The molecule has 40 heavy (non-hydrogen) atoms. The second-order valence-corrected chi connectivity index (χ2v) is 9.71. The lowest BCUT2D eigenvalue weighted by Gasteiger charge is -2.31. The number of hydrogen-bond donors (Lipinski definition) is 3. The van der Waals surface area contributed by atoms with Crippen molar-refractivity contribution in [3.8, 4) is 11.8 Å². The van der Waals surface area contributed by atoms with Gasteiger partial charge < -0.3 is 25.4 Å². The molecule has 13 heteroatoms. The van der Waals surface area contributed by atoms with Crippen LogP contribution in [-0.4, -0.2) is 71.3 Å². The van der Waals surface area contributed by atoms with Gasteiger partial charge in [0, 0.05) is 30.9 Å². The topological polar surface area (TPSA) is 114 Å². The highest BCUT2D eigenvalue weighted by molar-refractivity contribution is 5.94. The van der Waals surface area contributed by atoms with Crippen LogP contribution in [-0.2, 0) is 6.54 Å². The summed E-state index contributed by atoms with van der Waals surface area (Å²) in [5.41, 5.74) is 1.92. The molecule has 0 unspecified atom stereocenters. The Morgan fingerprint density at radius 1 is 0.925 bits per heavy atom. The predicted molar refractivity (Wildman–Crippen MR) is 142 cm³/mol. The number of piperidine rings is 1. The molecule has 6 aliphatic heterocycles. The fourth-order valence-electron chi connectivity index (χ4n) is 4.47.